The molecule has 0 saturated carbocycles. The van der Waals surface area contributed by atoms with Gasteiger partial charge in [-0.25, -0.2) is 23.1 Å². The molecule has 0 radical (unpaired) electrons. The molecule has 2 aromatic heterocycles. The van der Waals surface area contributed by atoms with Crippen LogP contribution in [-0.4, -0.2) is 28.2 Å². The van der Waals surface area contributed by atoms with E-state index in [2.05, 4.69) is 15.1 Å². The number of hydrogen-bond acceptors (Lipinski definition) is 5. The topological polar surface area (TPSA) is 77.7 Å². The molecule has 0 unspecified atom stereocenters. The molecule has 2 aromatic rings. The van der Waals surface area contributed by atoms with Crippen molar-refractivity contribution in [2.24, 2.45) is 0 Å². The average Bonchev–Trinajstić information content (AvgIpc) is 2.64. The van der Waals surface area contributed by atoms with E-state index in [-0.39, 0.29) is 10.0 Å². The van der Waals surface area contributed by atoms with Crippen LogP contribution in [0.25, 0.3) is 5.82 Å². The molecule has 0 aliphatic rings. The molecule has 0 N–H and O–H groups in total. The van der Waals surface area contributed by atoms with E-state index in [0.717, 1.165) is 5.69 Å². The Kier molecular flexibility index (Phi) is 4.04. The molecule has 0 saturated heterocycles. The fraction of sp³-hybridized carbons (Fsp3) is 0.364. The third-order valence-electron chi connectivity index (χ3n) is 2.60. The van der Waals surface area contributed by atoms with Gasteiger partial charge in [0.05, 0.1) is 5.69 Å². The van der Waals surface area contributed by atoms with Gasteiger partial charge in [-0.3, -0.25) is 0 Å². The van der Waals surface area contributed by atoms with Crippen molar-refractivity contribution in [1.29, 1.82) is 0 Å². The molecule has 108 valence electrons. The second-order valence-corrected chi connectivity index (χ2v) is 7.05. The van der Waals surface area contributed by atoms with Gasteiger partial charge in [-0.15, -0.1) is 0 Å². The van der Waals surface area contributed by atoms with Gasteiger partial charge in [-0.05, 0) is 20.3 Å². The number of rotatable bonds is 3. The minimum atomic E-state index is -3.97. The fourth-order valence-corrected chi connectivity index (χ4v) is 3.75. The lowest BCUT2D eigenvalue weighted by Gasteiger charge is -2.04. The summed E-state index contributed by atoms with van der Waals surface area (Å²) in [7, 11) is 1.44. The van der Waals surface area contributed by atoms with E-state index >= 15 is 0 Å². The lowest BCUT2D eigenvalue weighted by molar-refractivity contribution is 0.608. The molecule has 20 heavy (non-hydrogen) atoms. The maximum Gasteiger partial charge on any atom is 0.266 e. The van der Waals surface area contributed by atoms with Crippen molar-refractivity contribution in [2.45, 2.75) is 32.1 Å². The summed E-state index contributed by atoms with van der Waals surface area (Å²) in [5.74, 6) is 0.946. The monoisotopic (exact) mass is 334 g/mol. The maximum absolute atomic E-state index is 11.6. The van der Waals surface area contributed by atoms with Crippen LogP contribution in [0.3, 0.4) is 0 Å². The lowest BCUT2D eigenvalue weighted by atomic mass is 10.3. The first-order valence-electron chi connectivity index (χ1n) is 5.78. The van der Waals surface area contributed by atoms with Gasteiger partial charge in [0, 0.05) is 22.4 Å². The molecule has 0 atom stereocenters. The van der Waals surface area contributed by atoms with Gasteiger partial charge in [0.15, 0.2) is 11.0 Å². The SMILES string of the molecule is CCc1nn(-c2cc(C)nc(C)n2)c(Cl)c1S(=O)(=O)Cl. The van der Waals surface area contributed by atoms with Gasteiger partial charge < -0.3 is 0 Å². The fourth-order valence-electron chi connectivity index (χ4n) is 1.86. The van der Waals surface area contributed by atoms with Gasteiger partial charge in [0.1, 0.15) is 10.7 Å². The van der Waals surface area contributed by atoms with Crippen molar-refractivity contribution in [3.05, 3.63) is 28.4 Å². The second-order valence-electron chi connectivity index (χ2n) is 4.18. The average molecular weight is 335 g/mol. The van der Waals surface area contributed by atoms with Crippen LogP contribution in [0.15, 0.2) is 11.0 Å². The summed E-state index contributed by atoms with van der Waals surface area (Å²) in [6.45, 7) is 5.30. The molecular formula is C11H12Cl2N4O2S. The van der Waals surface area contributed by atoms with Crippen LogP contribution in [0.4, 0.5) is 0 Å². The van der Waals surface area contributed by atoms with E-state index in [4.69, 9.17) is 22.3 Å². The maximum atomic E-state index is 11.6. The Balaban J connectivity index is 2.73. The van der Waals surface area contributed by atoms with Crippen molar-refractivity contribution < 1.29 is 8.42 Å². The van der Waals surface area contributed by atoms with Crippen molar-refractivity contribution in [3.63, 3.8) is 0 Å². The van der Waals surface area contributed by atoms with E-state index in [1.165, 1.54) is 4.68 Å². The van der Waals surface area contributed by atoms with E-state index in [9.17, 15) is 8.42 Å². The van der Waals surface area contributed by atoms with E-state index in [1.54, 1.807) is 26.8 Å². The van der Waals surface area contributed by atoms with Gasteiger partial charge in [-0.2, -0.15) is 5.10 Å². The molecule has 0 fully saturated rings. The highest BCUT2D eigenvalue weighted by Crippen LogP contribution is 2.30. The highest BCUT2D eigenvalue weighted by atomic mass is 35.7. The first-order chi connectivity index (χ1) is 9.24. The van der Waals surface area contributed by atoms with Crippen LogP contribution in [0, 0.1) is 13.8 Å². The Morgan fingerprint density at radius 2 is 1.95 bits per heavy atom. The Morgan fingerprint density at radius 1 is 1.30 bits per heavy atom. The van der Waals surface area contributed by atoms with Gasteiger partial charge in [0.2, 0.25) is 0 Å². The first-order valence-corrected chi connectivity index (χ1v) is 8.47. The van der Waals surface area contributed by atoms with Gasteiger partial charge in [-0.1, -0.05) is 18.5 Å². The minimum absolute atomic E-state index is 0.0747. The number of aryl methyl sites for hydroxylation is 3. The Bertz CT molecular complexity index is 751. The summed E-state index contributed by atoms with van der Waals surface area (Å²) in [6.07, 6.45) is 0.386. The predicted octanol–water partition coefficient (Wildman–Crippen LogP) is 2.42. The summed E-state index contributed by atoms with van der Waals surface area (Å²) >= 11 is 6.11. The summed E-state index contributed by atoms with van der Waals surface area (Å²) in [6, 6.07) is 1.66. The normalized spacial score (nSPS) is 11.8. The highest BCUT2D eigenvalue weighted by molar-refractivity contribution is 8.13. The van der Waals surface area contributed by atoms with Gasteiger partial charge >= 0.3 is 0 Å². The molecule has 0 aliphatic heterocycles. The van der Waals surface area contributed by atoms with E-state index < -0.39 is 9.05 Å². The third kappa shape index (κ3) is 2.79. The first kappa shape index (κ1) is 15.2. The molecule has 0 amide bonds. The summed E-state index contributed by atoms with van der Waals surface area (Å²) in [4.78, 5) is 8.18. The molecule has 2 rings (SSSR count). The van der Waals surface area contributed by atoms with Crippen LogP contribution in [-0.2, 0) is 15.5 Å². The van der Waals surface area contributed by atoms with Crippen molar-refractivity contribution in [3.8, 4) is 5.82 Å². The van der Waals surface area contributed by atoms with Crippen molar-refractivity contribution >= 4 is 31.3 Å². The second kappa shape index (κ2) is 5.31. The Labute approximate surface area is 126 Å². The highest BCUT2D eigenvalue weighted by Gasteiger charge is 2.26. The molecule has 0 spiro atoms. The number of nitrogens with zero attached hydrogens (tertiary/aromatic N) is 4. The largest absolute Gasteiger partial charge is 0.266 e. The van der Waals surface area contributed by atoms with Crippen LogP contribution in [0.1, 0.15) is 24.1 Å². The summed E-state index contributed by atoms with van der Waals surface area (Å²) in [5.41, 5.74) is 1.03. The van der Waals surface area contributed by atoms with E-state index in [0.29, 0.717) is 23.8 Å². The lowest BCUT2D eigenvalue weighted by Crippen LogP contribution is -2.04. The quantitative estimate of drug-likeness (QED) is 0.805. The standard InChI is InChI=1S/C11H12Cl2N4O2S/c1-4-8-10(20(13,18)19)11(12)17(16-8)9-5-6(2)14-7(3)15-9/h5H,4H2,1-3H3. The Morgan fingerprint density at radius 3 is 2.40 bits per heavy atom. The number of halogens is 2. The van der Waals surface area contributed by atoms with Crippen LogP contribution in [0.2, 0.25) is 5.15 Å². The summed E-state index contributed by atoms with van der Waals surface area (Å²) < 4.78 is 24.5. The molecule has 0 aromatic carbocycles. The molecule has 6 nitrogen and oxygen atoms in total. The van der Waals surface area contributed by atoms with Crippen molar-refractivity contribution in [1.82, 2.24) is 19.7 Å². The zero-order chi connectivity index (χ0) is 15.1. The van der Waals surface area contributed by atoms with E-state index in [1.807, 2.05) is 0 Å². The molecule has 2 heterocycles. The zero-order valence-electron chi connectivity index (χ0n) is 11.1. The predicted molar refractivity (Wildman–Crippen MR) is 76.1 cm³/mol. The number of aromatic nitrogens is 4. The van der Waals surface area contributed by atoms with Crippen LogP contribution in [0.5, 0.6) is 0 Å². The number of hydrogen-bond donors (Lipinski definition) is 0. The van der Waals surface area contributed by atoms with Crippen LogP contribution < -0.4 is 0 Å². The Hall–Kier alpha value is -1.18. The molecule has 0 aliphatic carbocycles. The smallest absolute Gasteiger partial charge is 0.238 e. The molecular weight excluding hydrogens is 323 g/mol. The molecule has 0 bridgehead atoms. The molecule has 9 heteroatoms. The third-order valence-corrected chi connectivity index (χ3v) is 4.45. The summed E-state index contributed by atoms with van der Waals surface area (Å²) in [5, 5.41) is 4.10. The minimum Gasteiger partial charge on any atom is -0.238 e. The van der Waals surface area contributed by atoms with Gasteiger partial charge in [0.25, 0.3) is 9.05 Å². The van der Waals surface area contributed by atoms with Crippen molar-refractivity contribution in [2.75, 3.05) is 0 Å². The van der Waals surface area contributed by atoms with Crippen LogP contribution >= 0.6 is 22.3 Å². The zero-order valence-corrected chi connectivity index (χ0v) is 13.4.